The maximum atomic E-state index is 5.57. The maximum absolute atomic E-state index is 5.57. The van der Waals surface area contributed by atoms with Gasteiger partial charge in [-0.05, 0) is 48.8 Å². The summed E-state index contributed by atoms with van der Waals surface area (Å²) in [5.74, 6) is 4.62. The Bertz CT molecular complexity index is 808. The van der Waals surface area contributed by atoms with Crippen LogP contribution in [-0.2, 0) is 13.0 Å². The summed E-state index contributed by atoms with van der Waals surface area (Å²) in [5, 5.41) is 3.85. The lowest BCUT2D eigenvalue weighted by Gasteiger charge is -2.55. The Morgan fingerprint density at radius 2 is 1.72 bits per heavy atom. The van der Waals surface area contributed by atoms with Crippen molar-refractivity contribution in [2.75, 3.05) is 14.2 Å². The second kappa shape index (κ2) is 9.12. The van der Waals surface area contributed by atoms with Gasteiger partial charge in [-0.3, -0.25) is 0 Å². The SMILES string of the molecule is CCCc1ncc(CN[C@H]2[C@H]3CCCC[C@H]3[C@@H]2c2ccc(OC)c(OC)c2)cn1. The summed E-state index contributed by atoms with van der Waals surface area (Å²) in [6.07, 6.45) is 11.4. The van der Waals surface area contributed by atoms with Crippen molar-refractivity contribution < 1.29 is 9.47 Å². The summed E-state index contributed by atoms with van der Waals surface area (Å²) >= 11 is 0. The molecule has 156 valence electrons. The van der Waals surface area contributed by atoms with Gasteiger partial charge in [-0.2, -0.15) is 0 Å². The van der Waals surface area contributed by atoms with E-state index in [1.807, 2.05) is 18.5 Å². The number of aryl methyl sites for hydroxylation is 1. The highest BCUT2D eigenvalue weighted by molar-refractivity contribution is 5.45. The summed E-state index contributed by atoms with van der Waals surface area (Å²) in [7, 11) is 3.40. The quantitative estimate of drug-likeness (QED) is 0.713. The minimum Gasteiger partial charge on any atom is -0.493 e. The van der Waals surface area contributed by atoms with Crippen molar-refractivity contribution in [1.29, 1.82) is 0 Å². The Balaban J connectivity index is 1.49. The second-order valence-electron chi connectivity index (χ2n) is 8.42. The summed E-state index contributed by atoms with van der Waals surface area (Å²) in [5.41, 5.74) is 2.52. The first kappa shape index (κ1) is 20.1. The standard InChI is InChI=1S/C24H33N3O2/c1-4-7-22-25-13-16(14-26-22)15-27-24-19-9-6-5-8-18(19)23(24)17-10-11-20(28-2)21(12-17)29-3/h10-14,18-19,23-24,27H,4-9,15H2,1-3H3/t18-,19+,23+,24+/m1/s1. The van der Waals surface area contributed by atoms with Gasteiger partial charge in [0.2, 0.25) is 0 Å². The molecular formula is C24H33N3O2. The summed E-state index contributed by atoms with van der Waals surface area (Å²) in [6, 6.07) is 6.93. The molecule has 0 radical (unpaired) electrons. The van der Waals surface area contributed by atoms with Gasteiger partial charge in [-0.15, -0.1) is 0 Å². The van der Waals surface area contributed by atoms with Crippen LogP contribution in [0.5, 0.6) is 11.5 Å². The van der Waals surface area contributed by atoms with Crippen molar-refractivity contribution in [1.82, 2.24) is 15.3 Å². The molecule has 0 amide bonds. The van der Waals surface area contributed by atoms with Gasteiger partial charge in [-0.25, -0.2) is 9.97 Å². The molecule has 0 aliphatic heterocycles. The molecule has 1 heterocycles. The highest BCUT2D eigenvalue weighted by atomic mass is 16.5. The number of fused-ring (bicyclic) bond motifs is 1. The molecule has 1 aromatic heterocycles. The normalized spacial score (nSPS) is 25.8. The number of hydrogen-bond donors (Lipinski definition) is 1. The molecule has 5 nitrogen and oxygen atoms in total. The fraction of sp³-hybridized carbons (Fsp3) is 0.583. The van der Waals surface area contributed by atoms with Crippen LogP contribution < -0.4 is 14.8 Å². The predicted octanol–water partition coefficient (Wildman–Crippen LogP) is 4.51. The van der Waals surface area contributed by atoms with E-state index in [1.165, 1.54) is 31.2 Å². The third-order valence-corrected chi connectivity index (χ3v) is 6.75. The summed E-state index contributed by atoms with van der Waals surface area (Å²) < 4.78 is 11.0. The van der Waals surface area contributed by atoms with Crippen LogP contribution in [0.2, 0.25) is 0 Å². The number of rotatable bonds is 8. The topological polar surface area (TPSA) is 56.3 Å². The van der Waals surface area contributed by atoms with E-state index in [4.69, 9.17) is 9.47 Å². The fourth-order valence-corrected chi connectivity index (χ4v) is 5.32. The van der Waals surface area contributed by atoms with E-state index in [2.05, 4.69) is 34.3 Å². The van der Waals surface area contributed by atoms with Crippen LogP contribution in [0.15, 0.2) is 30.6 Å². The van der Waals surface area contributed by atoms with Gasteiger partial charge in [-0.1, -0.05) is 25.8 Å². The first-order chi connectivity index (χ1) is 14.2. The van der Waals surface area contributed by atoms with Gasteiger partial charge in [0.25, 0.3) is 0 Å². The van der Waals surface area contributed by atoms with Crippen molar-refractivity contribution in [2.45, 2.75) is 64.0 Å². The zero-order chi connectivity index (χ0) is 20.2. The van der Waals surface area contributed by atoms with Gasteiger partial charge in [0.15, 0.2) is 11.5 Å². The van der Waals surface area contributed by atoms with Crippen molar-refractivity contribution in [2.24, 2.45) is 11.8 Å². The van der Waals surface area contributed by atoms with Crippen LogP contribution in [-0.4, -0.2) is 30.2 Å². The average Bonchev–Trinajstić information content (AvgIpc) is 2.75. The molecule has 5 heteroatoms. The molecule has 2 aliphatic carbocycles. The third-order valence-electron chi connectivity index (χ3n) is 6.75. The molecule has 0 spiro atoms. The number of methoxy groups -OCH3 is 2. The Morgan fingerprint density at radius 1 is 1.00 bits per heavy atom. The number of nitrogens with zero attached hydrogens (tertiary/aromatic N) is 2. The van der Waals surface area contributed by atoms with Crippen molar-refractivity contribution in [3.8, 4) is 11.5 Å². The van der Waals surface area contributed by atoms with Gasteiger partial charge in [0.05, 0.1) is 14.2 Å². The fourth-order valence-electron chi connectivity index (χ4n) is 5.32. The molecule has 1 N–H and O–H groups in total. The van der Waals surface area contributed by atoms with Crippen LogP contribution in [0.1, 0.15) is 61.9 Å². The smallest absolute Gasteiger partial charge is 0.160 e. The van der Waals surface area contributed by atoms with Crippen molar-refractivity contribution >= 4 is 0 Å². The largest absolute Gasteiger partial charge is 0.493 e. The van der Waals surface area contributed by atoms with E-state index in [1.54, 1.807) is 14.2 Å². The van der Waals surface area contributed by atoms with E-state index in [-0.39, 0.29) is 0 Å². The van der Waals surface area contributed by atoms with Gasteiger partial charge < -0.3 is 14.8 Å². The summed E-state index contributed by atoms with van der Waals surface area (Å²) in [4.78, 5) is 9.02. The number of aromatic nitrogens is 2. The first-order valence-corrected chi connectivity index (χ1v) is 11.0. The molecular weight excluding hydrogens is 362 g/mol. The van der Waals surface area contributed by atoms with Crippen molar-refractivity contribution in [3.63, 3.8) is 0 Å². The Kier molecular flexibility index (Phi) is 6.34. The number of hydrogen-bond acceptors (Lipinski definition) is 5. The van der Waals surface area contributed by atoms with E-state index < -0.39 is 0 Å². The van der Waals surface area contributed by atoms with E-state index in [0.29, 0.717) is 12.0 Å². The lowest BCUT2D eigenvalue weighted by molar-refractivity contribution is 0.0252. The predicted molar refractivity (Wildman–Crippen MR) is 114 cm³/mol. The lowest BCUT2D eigenvalue weighted by atomic mass is 9.53. The molecule has 29 heavy (non-hydrogen) atoms. The number of nitrogens with one attached hydrogen (secondary N) is 1. The molecule has 1 aromatic carbocycles. The second-order valence-corrected chi connectivity index (χ2v) is 8.42. The van der Waals surface area contributed by atoms with Gasteiger partial charge in [0, 0.05) is 42.9 Å². The first-order valence-electron chi connectivity index (χ1n) is 11.0. The highest BCUT2D eigenvalue weighted by Crippen LogP contribution is 2.55. The van der Waals surface area contributed by atoms with Crippen LogP contribution in [0.3, 0.4) is 0 Å². The van der Waals surface area contributed by atoms with E-state index in [0.717, 1.165) is 54.1 Å². The minimum atomic E-state index is 0.494. The molecule has 4 atom stereocenters. The zero-order valence-corrected chi connectivity index (χ0v) is 17.9. The molecule has 4 rings (SSSR count). The maximum Gasteiger partial charge on any atom is 0.160 e. The monoisotopic (exact) mass is 395 g/mol. The minimum absolute atomic E-state index is 0.494. The highest BCUT2D eigenvalue weighted by Gasteiger charge is 2.51. The van der Waals surface area contributed by atoms with Crippen LogP contribution >= 0.6 is 0 Å². The number of ether oxygens (including phenoxy) is 2. The average molecular weight is 396 g/mol. The Labute approximate surface area is 174 Å². The van der Waals surface area contributed by atoms with Crippen molar-refractivity contribution in [3.05, 3.63) is 47.5 Å². The third kappa shape index (κ3) is 4.11. The molecule has 0 unspecified atom stereocenters. The molecule has 0 saturated heterocycles. The van der Waals surface area contributed by atoms with Crippen LogP contribution in [0.25, 0.3) is 0 Å². The van der Waals surface area contributed by atoms with Gasteiger partial charge >= 0.3 is 0 Å². The molecule has 2 saturated carbocycles. The van der Waals surface area contributed by atoms with Crippen LogP contribution in [0.4, 0.5) is 0 Å². The Morgan fingerprint density at radius 3 is 2.41 bits per heavy atom. The Hall–Kier alpha value is -2.14. The number of benzene rings is 1. The molecule has 2 fully saturated rings. The van der Waals surface area contributed by atoms with Gasteiger partial charge in [0.1, 0.15) is 5.82 Å². The zero-order valence-electron chi connectivity index (χ0n) is 17.9. The van der Waals surface area contributed by atoms with Crippen LogP contribution in [0, 0.1) is 11.8 Å². The summed E-state index contributed by atoms with van der Waals surface area (Å²) in [6.45, 7) is 2.98. The molecule has 2 aromatic rings. The van der Waals surface area contributed by atoms with E-state index in [9.17, 15) is 0 Å². The van der Waals surface area contributed by atoms with E-state index >= 15 is 0 Å². The molecule has 2 aliphatic rings. The molecule has 0 bridgehead atoms. The lowest BCUT2D eigenvalue weighted by Crippen LogP contribution is -2.57.